The lowest BCUT2D eigenvalue weighted by atomic mass is 9.61. The molecule has 8 fully saturated rings. The normalized spacial score (nSPS) is 20.1. The average molecular weight is 1430 g/mol. The van der Waals surface area contributed by atoms with E-state index in [0.717, 1.165) is 48.2 Å². The third-order valence-corrected chi connectivity index (χ3v) is 20.6. The molecule has 6 atom stereocenters. The van der Waals surface area contributed by atoms with Gasteiger partial charge in [-0.05, 0) is 191 Å². The van der Waals surface area contributed by atoms with Crippen LogP contribution in [0.25, 0.3) is 0 Å². The molecule has 4 heteroatoms. The van der Waals surface area contributed by atoms with E-state index in [4.69, 9.17) is 9.15 Å². The molecule has 3 aromatic rings. The molecule has 11 rings (SSSR count). The number of benzene rings is 1. The summed E-state index contributed by atoms with van der Waals surface area (Å²) in [5, 5.41) is 3.12. The molecule has 0 amide bonds. The number of thioether (sulfide) groups is 1. The number of rotatable bonds is 8. The molecule has 0 N–H and O–H groups in total. The average Bonchev–Trinajstić information content (AvgIpc) is 1.27. The monoisotopic (exact) mass is 1430 g/mol. The maximum absolute atomic E-state index is 5.30. The van der Waals surface area contributed by atoms with Crippen molar-refractivity contribution in [3.8, 4) is 0 Å². The lowest BCUT2D eigenvalue weighted by Crippen LogP contribution is -2.35. The van der Waals surface area contributed by atoms with Crippen LogP contribution in [-0.2, 0) is 24.0 Å². The van der Waals surface area contributed by atoms with E-state index in [0.29, 0.717) is 11.5 Å². The first-order valence-corrected chi connectivity index (χ1v) is 46.1. The fourth-order valence-electron chi connectivity index (χ4n) is 13.3. The minimum atomic E-state index is 0.597. The summed E-state index contributed by atoms with van der Waals surface area (Å²) < 4.78 is 10.3. The number of furan rings is 1. The van der Waals surface area contributed by atoms with Gasteiger partial charge in [-0.2, -0.15) is 11.8 Å². The van der Waals surface area contributed by atoms with Gasteiger partial charge in [-0.1, -0.05) is 378 Å². The zero-order valence-corrected chi connectivity index (χ0v) is 75.2. The molecule has 0 radical (unpaired) electrons. The number of hydrogen-bond donors (Lipinski definition) is 0. The van der Waals surface area contributed by atoms with E-state index >= 15 is 0 Å². The minimum Gasteiger partial charge on any atom is -0.469 e. The SMILES string of the molecule is C1CC2C3CCC(C3)C2C1.CC(C)(C1CCCCC1)C1CCCCC1.CCC.CCC.CCC.CCC.CCC.CCC.CCC.CCC.CCC.CCC.CCC1CCCCC1.CCC1CCCO1.CCC1CCCS1.CCc1ccccc1.CCc1ccco1.CCc1cccs1. The summed E-state index contributed by atoms with van der Waals surface area (Å²) in [6.45, 7) is 61.8. The first kappa shape index (κ1) is 111. The van der Waals surface area contributed by atoms with Crippen LogP contribution in [-0.4, -0.2) is 23.7 Å². The fraction of sp³-hybridized carbons (Fsp3) is 0.853. The van der Waals surface area contributed by atoms with E-state index in [1.54, 1.807) is 44.8 Å². The minimum absolute atomic E-state index is 0.597. The lowest BCUT2D eigenvalue weighted by molar-refractivity contribution is 0.0587. The van der Waals surface area contributed by atoms with Gasteiger partial charge in [0, 0.05) is 23.2 Å². The molecule has 2 aromatic heterocycles. The van der Waals surface area contributed by atoms with Crippen molar-refractivity contribution in [2.75, 3.05) is 12.4 Å². The molecule has 4 heterocycles. The van der Waals surface area contributed by atoms with Crippen molar-refractivity contribution in [2.45, 2.75) is 468 Å². The Morgan fingerprint density at radius 2 is 0.808 bits per heavy atom. The van der Waals surface area contributed by atoms with Crippen molar-refractivity contribution in [2.24, 2.45) is 46.8 Å². The van der Waals surface area contributed by atoms with Crippen LogP contribution in [0, 0.1) is 46.8 Å². The number of fused-ring (bicyclic) bond motifs is 5. The first-order valence-electron chi connectivity index (χ1n) is 44.2. The summed E-state index contributed by atoms with van der Waals surface area (Å²) in [6, 6.07) is 18.6. The molecule has 6 unspecified atom stereocenters. The Labute approximate surface area is 638 Å². The van der Waals surface area contributed by atoms with Gasteiger partial charge in [-0.25, -0.2) is 0 Å². The standard InChI is InChI=1S/C15H28.C10H16.C8H16.C8H10.C6H12O.C6H8O.C6H12S.C6H8S.10C3H8/c1-15(2,13-9-5-3-6-10-13)14-11-7-4-8-12-14;1-2-9-7-4-5-8(6-7)10(9)3-1;2*1-2-8-6-4-3-5-7-8;4*1-2-6-4-3-5-7-6;10*1-3-2/h13-14H,3-12H2,1-2H3;7-10H,1-6H2;8H,2-7H2,1H3;3-7H,2H2,1H3;6H,2-5H2,1H3;3-5H,2H2,1H3;6H,2-5H2,1H3;3-5H,2H2,1H3;10*3H2,1-2H3. The van der Waals surface area contributed by atoms with Gasteiger partial charge in [0.15, 0.2) is 0 Å². The Morgan fingerprint density at radius 3 is 1.05 bits per heavy atom. The van der Waals surface area contributed by atoms with Gasteiger partial charge in [0.25, 0.3) is 0 Å². The molecule has 99 heavy (non-hydrogen) atoms. The Balaban J connectivity index is -0.000000187. The molecule has 594 valence electrons. The number of hydrogen-bond acceptors (Lipinski definition) is 4. The zero-order chi connectivity index (χ0) is 76.4. The third kappa shape index (κ3) is 71.9. The summed E-state index contributed by atoms with van der Waals surface area (Å²) in [5.41, 5.74) is 2.05. The Hall–Kier alpha value is -1.49. The van der Waals surface area contributed by atoms with Gasteiger partial charge in [0.1, 0.15) is 5.76 Å². The number of aryl methyl sites for hydroxylation is 3. The molecule has 2 nitrogen and oxygen atoms in total. The summed E-state index contributed by atoms with van der Waals surface area (Å²) >= 11 is 3.97. The second kappa shape index (κ2) is 90.7. The van der Waals surface area contributed by atoms with E-state index in [1.165, 1.54) is 252 Å². The lowest BCUT2D eigenvalue weighted by Gasteiger charge is -2.44. The van der Waals surface area contributed by atoms with Crippen molar-refractivity contribution in [3.63, 3.8) is 0 Å². The molecular weight excluding hydrogens is 1240 g/mol. The Morgan fingerprint density at radius 1 is 0.374 bits per heavy atom. The van der Waals surface area contributed by atoms with E-state index < -0.39 is 0 Å². The molecule has 2 bridgehead atoms. The predicted octanol–water partition coefficient (Wildman–Crippen LogP) is 35.4. The summed E-state index contributed by atoms with van der Waals surface area (Å²) in [5.74, 6) is 10.4. The maximum Gasteiger partial charge on any atom is 0.103 e. The van der Waals surface area contributed by atoms with Gasteiger partial charge < -0.3 is 9.15 Å². The van der Waals surface area contributed by atoms with Crippen molar-refractivity contribution < 1.29 is 9.15 Å². The Bertz CT molecular complexity index is 1600. The number of thiophene rings is 1. The van der Waals surface area contributed by atoms with Crippen LogP contribution >= 0.6 is 23.1 Å². The van der Waals surface area contributed by atoms with Crippen molar-refractivity contribution >= 4 is 23.1 Å². The molecular formula is C95H190O2S2. The molecule has 6 saturated carbocycles. The van der Waals surface area contributed by atoms with Crippen molar-refractivity contribution in [3.05, 3.63) is 82.4 Å². The predicted molar refractivity (Wildman–Crippen MR) is 468 cm³/mol. The van der Waals surface area contributed by atoms with Crippen molar-refractivity contribution in [1.82, 2.24) is 0 Å². The van der Waals surface area contributed by atoms with E-state index in [-0.39, 0.29) is 0 Å². The van der Waals surface area contributed by atoms with Crippen LogP contribution in [0.1, 0.15) is 454 Å². The topological polar surface area (TPSA) is 22.4 Å². The van der Waals surface area contributed by atoms with Crippen LogP contribution in [0.2, 0.25) is 0 Å². The molecule has 2 saturated heterocycles. The van der Waals surface area contributed by atoms with E-state index in [9.17, 15) is 0 Å². The van der Waals surface area contributed by atoms with E-state index in [1.807, 2.05) is 29.5 Å². The van der Waals surface area contributed by atoms with Crippen LogP contribution in [0.4, 0.5) is 0 Å². The van der Waals surface area contributed by atoms with Gasteiger partial charge in [-0.3, -0.25) is 0 Å². The number of ether oxygens (including phenoxy) is 1. The van der Waals surface area contributed by atoms with Gasteiger partial charge in [0.2, 0.25) is 0 Å². The van der Waals surface area contributed by atoms with Crippen LogP contribution < -0.4 is 0 Å². The molecule has 8 aliphatic rings. The quantitative estimate of drug-likeness (QED) is 0.224. The highest BCUT2D eigenvalue weighted by molar-refractivity contribution is 8.00. The van der Waals surface area contributed by atoms with Gasteiger partial charge in [0.05, 0.1) is 12.4 Å². The van der Waals surface area contributed by atoms with E-state index in [2.05, 4.69) is 247 Å². The largest absolute Gasteiger partial charge is 0.469 e. The van der Waals surface area contributed by atoms with Crippen molar-refractivity contribution in [1.29, 1.82) is 0 Å². The highest BCUT2D eigenvalue weighted by atomic mass is 32.2. The molecule has 1 aromatic carbocycles. The second-order valence-electron chi connectivity index (χ2n) is 29.9. The molecule has 6 aliphatic carbocycles. The zero-order valence-electron chi connectivity index (χ0n) is 73.6. The summed E-state index contributed by atoms with van der Waals surface area (Å²) in [7, 11) is 0. The second-order valence-corrected chi connectivity index (χ2v) is 32.3. The molecule has 2 aliphatic heterocycles. The summed E-state index contributed by atoms with van der Waals surface area (Å²) in [4.78, 5) is 1.47. The van der Waals surface area contributed by atoms with Gasteiger partial charge in [-0.15, -0.1) is 11.3 Å². The highest BCUT2D eigenvalue weighted by Gasteiger charge is 2.49. The fourth-order valence-corrected chi connectivity index (χ4v) is 15.2. The van der Waals surface area contributed by atoms with Crippen LogP contribution in [0.5, 0.6) is 0 Å². The smallest absolute Gasteiger partial charge is 0.103 e. The van der Waals surface area contributed by atoms with Crippen LogP contribution in [0.3, 0.4) is 0 Å². The molecule has 0 spiro atoms. The first-order chi connectivity index (χ1) is 47.9. The Kier molecular flexibility index (Phi) is 102. The van der Waals surface area contributed by atoms with Crippen LogP contribution in [0.15, 0.2) is 70.7 Å². The maximum atomic E-state index is 5.30. The third-order valence-electron chi connectivity index (χ3n) is 18.0. The van der Waals surface area contributed by atoms with Gasteiger partial charge >= 0.3 is 0 Å². The highest BCUT2D eigenvalue weighted by Crippen LogP contribution is 2.58. The summed E-state index contributed by atoms with van der Waals surface area (Å²) in [6.07, 6.45) is 59.7.